The maximum absolute atomic E-state index is 13.6. The van der Waals surface area contributed by atoms with E-state index in [0.717, 1.165) is 37.9 Å². The fourth-order valence-corrected chi connectivity index (χ4v) is 5.64. The first-order chi connectivity index (χ1) is 16.5. The molecule has 34 heavy (non-hydrogen) atoms. The lowest BCUT2D eigenvalue weighted by Crippen LogP contribution is -2.21. The number of nitrogens with one attached hydrogen (secondary N) is 1. The SMILES string of the molecule is COc1ccc(C2c3[nH]c4ccc(Br)cc4c3Cc3c(O)n(-c4ccc(F)cc4)c(=S)n32)cc1. The first kappa shape index (κ1) is 21.2. The van der Waals surface area contributed by atoms with E-state index in [1.165, 1.54) is 12.1 Å². The van der Waals surface area contributed by atoms with Gasteiger partial charge in [-0.2, -0.15) is 0 Å². The van der Waals surface area contributed by atoms with Crippen molar-refractivity contribution in [2.75, 3.05) is 7.11 Å². The molecular formula is C26H19BrFN3O2S. The lowest BCUT2D eigenvalue weighted by atomic mass is 9.93. The summed E-state index contributed by atoms with van der Waals surface area (Å²) < 4.78 is 23.9. The van der Waals surface area contributed by atoms with Gasteiger partial charge in [0.05, 0.1) is 18.5 Å². The van der Waals surface area contributed by atoms with Crippen molar-refractivity contribution in [3.63, 3.8) is 0 Å². The Hall–Kier alpha value is -3.36. The van der Waals surface area contributed by atoms with E-state index in [1.54, 1.807) is 23.8 Å². The number of methoxy groups -OCH3 is 1. The van der Waals surface area contributed by atoms with Crippen LogP contribution in [0.1, 0.15) is 28.6 Å². The average Bonchev–Trinajstić information content (AvgIpc) is 3.33. The van der Waals surface area contributed by atoms with Gasteiger partial charge in [0.15, 0.2) is 4.77 Å². The second-order valence-corrected chi connectivity index (χ2v) is 9.58. The Labute approximate surface area is 208 Å². The third-order valence-corrected chi connectivity index (χ3v) is 7.32. The number of hydrogen-bond donors (Lipinski definition) is 2. The molecule has 0 amide bonds. The van der Waals surface area contributed by atoms with Crippen molar-refractivity contribution in [1.82, 2.24) is 14.1 Å². The van der Waals surface area contributed by atoms with Crippen molar-refractivity contribution in [3.05, 3.63) is 104 Å². The molecule has 1 atom stereocenters. The van der Waals surface area contributed by atoms with Crippen LogP contribution in [-0.2, 0) is 6.42 Å². The summed E-state index contributed by atoms with van der Waals surface area (Å²) in [7, 11) is 1.64. The van der Waals surface area contributed by atoms with E-state index < -0.39 is 0 Å². The molecule has 5 aromatic rings. The summed E-state index contributed by atoms with van der Waals surface area (Å²) in [4.78, 5) is 3.60. The molecule has 3 heterocycles. The topological polar surface area (TPSA) is 55.1 Å². The predicted octanol–water partition coefficient (Wildman–Crippen LogP) is 6.65. The maximum Gasteiger partial charge on any atom is 0.218 e. The van der Waals surface area contributed by atoms with Gasteiger partial charge in [0.1, 0.15) is 17.6 Å². The molecule has 0 saturated heterocycles. The number of halogens is 2. The highest BCUT2D eigenvalue weighted by Crippen LogP contribution is 2.44. The summed E-state index contributed by atoms with van der Waals surface area (Å²) in [5, 5.41) is 12.4. The predicted molar refractivity (Wildman–Crippen MR) is 135 cm³/mol. The second kappa shape index (κ2) is 7.85. The van der Waals surface area contributed by atoms with E-state index in [4.69, 9.17) is 17.0 Å². The molecule has 2 N–H and O–H groups in total. The van der Waals surface area contributed by atoms with Gasteiger partial charge >= 0.3 is 0 Å². The van der Waals surface area contributed by atoms with Crippen molar-refractivity contribution in [2.24, 2.45) is 0 Å². The lowest BCUT2D eigenvalue weighted by molar-refractivity contribution is 0.414. The van der Waals surface area contributed by atoms with Crippen LogP contribution in [0.4, 0.5) is 4.39 Å². The molecule has 1 unspecified atom stereocenters. The highest BCUT2D eigenvalue weighted by Gasteiger charge is 2.34. The molecule has 0 saturated carbocycles. The molecule has 0 aliphatic carbocycles. The van der Waals surface area contributed by atoms with Crippen LogP contribution in [0.5, 0.6) is 11.6 Å². The standard InChI is InChI=1S/C26H19BrFN3O2S/c1-33-18-9-2-14(3-10-18)24-23-20(19-12-15(27)4-11-21(19)29-23)13-22-25(32)30(26(34)31(22)24)17-7-5-16(28)6-8-17/h2-12,24,29,32H,13H2,1H3. The largest absolute Gasteiger partial charge is 0.497 e. The summed E-state index contributed by atoms with van der Waals surface area (Å²) >= 11 is 9.48. The maximum atomic E-state index is 13.6. The van der Waals surface area contributed by atoms with E-state index in [2.05, 4.69) is 27.0 Å². The van der Waals surface area contributed by atoms with E-state index in [9.17, 15) is 9.50 Å². The van der Waals surface area contributed by atoms with Gasteiger partial charge < -0.3 is 19.4 Å². The molecule has 2 aromatic heterocycles. The van der Waals surface area contributed by atoms with E-state index in [1.807, 2.05) is 41.0 Å². The Balaban J connectivity index is 1.64. The molecule has 0 spiro atoms. The Bertz CT molecular complexity index is 1620. The van der Waals surface area contributed by atoms with Crippen LogP contribution in [0.2, 0.25) is 0 Å². The number of H-pyrrole nitrogens is 1. The first-order valence-electron chi connectivity index (χ1n) is 10.7. The van der Waals surface area contributed by atoms with Crippen LogP contribution in [0.25, 0.3) is 16.6 Å². The number of benzene rings is 3. The third-order valence-electron chi connectivity index (χ3n) is 6.45. The van der Waals surface area contributed by atoms with E-state index in [-0.39, 0.29) is 17.7 Å². The number of imidazole rings is 1. The first-order valence-corrected chi connectivity index (χ1v) is 11.9. The molecule has 8 heteroatoms. The van der Waals surface area contributed by atoms with Gasteiger partial charge in [-0.15, -0.1) is 0 Å². The van der Waals surface area contributed by atoms with Gasteiger partial charge in [0, 0.05) is 27.5 Å². The number of fused-ring (bicyclic) bond motifs is 4. The lowest BCUT2D eigenvalue weighted by Gasteiger charge is -2.26. The van der Waals surface area contributed by atoms with Crippen LogP contribution in [0, 0.1) is 10.6 Å². The third kappa shape index (κ3) is 3.13. The molecule has 1 aliphatic heterocycles. The van der Waals surface area contributed by atoms with Crippen molar-refractivity contribution in [3.8, 4) is 17.3 Å². The minimum absolute atomic E-state index is 0.0603. The van der Waals surface area contributed by atoms with Crippen LogP contribution in [-0.4, -0.2) is 26.3 Å². The summed E-state index contributed by atoms with van der Waals surface area (Å²) in [6.45, 7) is 0. The van der Waals surface area contributed by atoms with E-state index >= 15 is 0 Å². The van der Waals surface area contributed by atoms with Gasteiger partial charge in [0.25, 0.3) is 0 Å². The number of ether oxygens (including phenoxy) is 1. The van der Waals surface area contributed by atoms with Crippen molar-refractivity contribution >= 4 is 39.1 Å². The van der Waals surface area contributed by atoms with Crippen molar-refractivity contribution in [1.29, 1.82) is 0 Å². The zero-order chi connectivity index (χ0) is 23.6. The monoisotopic (exact) mass is 535 g/mol. The fourth-order valence-electron chi connectivity index (χ4n) is 4.87. The minimum atomic E-state index is -0.345. The summed E-state index contributed by atoms with van der Waals surface area (Å²) in [6.07, 6.45) is 0.502. The fraction of sp³-hybridized carbons (Fsp3) is 0.115. The number of rotatable bonds is 3. The molecule has 0 fully saturated rings. The Morgan fingerprint density at radius 1 is 1.09 bits per heavy atom. The number of aromatic nitrogens is 3. The number of aromatic amines is 1. The van der Waals surface area contributed by atoms with Crippen LogP contribution >= 0.6 is 28.1 Å². The number of nitrogens with zero attached hydrogens (tertiary/aromatic N) is 2. The molecule has 0 radical (unpaired) electrons. The smallest absolute Gasteiger partial charge is 0.218 e. The molecule has 3 aromatic carbocycles. The Morgan fingerprint density at radius 2 is 1.82 bits per heavy atom. The average molecular weight is 536 g/mol. The zero-order valence-electron chi connectivity index (χ0n) is 18.0. The molecule has 170 valence electrons. The minimum Gasteiger partial charge on any atom is -0.497 e. The highest BCUT2D eigenvalue weighted by molar-refractivity contribution is 9.10. The zero-order valence-corrected chi connectivity index (χ0v) is 20.5. The molecular weight excluding hydrogens is 517 g/mol. The normalized spacial score (nSPS) is 14.7. The quantitative estimate of drug-likeness (QED) is 0.249. The summed E-state index contributed by atoms with van der Waals surface area (Å²) in [5.74, 6) is 0.475. The van der Waals surface area contributed by atoms with Gasteiger partial charge in [-0.3, -0.25) is 4.57 Å². The van der Waals surface area contributed by atoms with Gasteiger partial charge in [-0.05, 0) is 77.9 Å². The van der Waals surface area contributed by atoms with Crippen LogP contribution in [0.3, 0.4) is 0 Å². The number of hydrogen-bond acceptors (Lipinski definition) is 3. The molecule has 5 nitrogen and oxygen atoms in total. The van der Waals surface area contributed by atoms with Gasteiger partial charge in [0.2, 0.25) is 5.88 Å². The molecule has 1 aliphatic rings. The van der Waals surface area contributed by atoms with Gasteiger partial charge in [-0.25, -0.2) is 4.39 Å². The van der Waals surface area contributed by atoms with Crippen LogP contribution in [0.15, 0.2) is 71.2 Å². The highest BCUT2D eigenvalue weighted by atomic mass is 79.9. The van der Waals surface area contributed by atoms with Gasteiger partial charge in [-0.1, -0.05) is 28.1 Å². The summed E-state index contributed by atoms with van der Waals surface area (Å²) in [6, 6.07) is 19.7. The molecule has 0 bridgehead atoms. The second-order valence-electron chi connectivity index (χ2n) is 8.29. The van der Waals surface area contributed by atoms with E-state index in [0.29, 0.717) is 22.6 Å². The Morgan fingerprint density at radius 3 is 2.53 bits per heavy atom. The van der Waals surface area contributed by atoms with Crippen molar-refractivity contribution in [2.45, 2.75) is 12.5 Å². The van der Waals surface area contributed by atoms with Crippen molar-refractivity contribution < 1.29 is 14.2 Å². The molecule has 6 rings (SSSR count). The number of aromatic hydroxyl groups is 1. The summed E-state index contributed by atoms with van der Waals surface area (Å²) in [5.41, 5.74) is 5.48. The Kier molecular flexibility index (Phi) is 4.89. The van der Waals surface area contributed by atoms with Crippen LogP contribution < -0.4 is 4.74 Å².